The highest BCUT2D eigenvalue weighted by Gasteiger charge is 2.49. The summed E-state index contributed by atoms with van der Waals surface area (Å²) < 4.78 is 0. The molecule has 5 nitrogen and oxygen atoms in total. The predicted molar refractivity (Wildman–Crippen MR) is 54.6 cm³/mol. The van der Waals surface area contributed by atoms with E-state index in [1.807, 2.05) is 0 Å². The first-order chi connectivity index (χ1) is 6.94. The number of carbonyl (C=O) groups is 2. The van der Waals surface area contributed by atoms with Gasteiger partial charge >= 0.3 is 0 Å². The minimum absolute atomic E-state index is 0.125. The fourth-order valence-corrected chi connectivity index (χ4v) is 2.09. The number of carbonyl (C=O) groups excluding carboxylic acids is 2. The van der Waals surface area contributed by atoms with E-state index in [1.165, 1.54) is 4.90 Å². The maximum Gasteiger partial charge on any atom is 0.243 e. The Morgan fingerprint density at radius 3 is 2.27 bits per heavy atom. The molecule has 1 aliphatic heterocycles. The van der Waals surface area contributed by atoms with Crippen molar-refractivity contribution in [2.24, 2.45) is 17.4 Å². The van der Waals surface area contributed by atoms with Crippen LogP contribution in [0.3, 0.4) is 0 Å². The Hall–Kier alpha value is -1.10. The molecule has 1 saturated carbocycles. The monoisotopic (exact) mass is 211 g/mol. The molecule has 0 aromatic carbocycles. The molecule has 4 N–H and O–H groups in total. The lowest BCUT2D eigenvalue weighted by Gasteiger charge is -2.43. The third kappa shape index (κ3) is 1.61. The van der Waals surface area contributed by atoms with Crippen LogP contribution in [0.15, 0.2) is 0 Å². The maximum atomic E-state index is 12.0. The van der Waals surface area contributed by atoms with Gasteiger partial charge in [-0.2, -0.15) is 0 Å². The molecule has 0 radical (unpaired) electrons. The Kier molecular flexibility index (Phi) is 2.22. The van der Waals surface area contributed by atoms with E-state index in [2.05, 4.69) is 0 Å². The van der Waals surface area contributed by atoms with Crippen molar-refractivity contribution < 1.29 is 9.59 Å². The Morgan fingerprint density at radius 2 is 1.93 bits per heavy atom. The number of nitrogens with two attached hydrogens (primary N) is 2. The smallest absolute Gasteiger partial charge is 0.243 e. The van der Waals surface area contributed by atoms with Crippen molar-refractivity contribution in [2.45, 2.75) is 37.8 Å². The van der Waals surface area contributed by atoms with Gasteiger partial charge in [0.15, 0.2) is 0 Å². The van der Waals surface area contributed by atoms with Crippen molar-refractivity contribution in [3.05, 3.63) is 0 Å². The SMILES string of the molecule is CC(N)(C(=O)N1CCC1C(N)=O)C1CC1. The van der Waals surface area contributed by atoms with Crippen LogP contribution in [0.2, 0.25) is 0 Å². The predicted octanol–water partition coefficient (Wildman–Crippen LogP) is -0.800. The zero-order valence-corrected chi connectivity index (χ0v) is 8.90. The molecule has 84 valence electrons. The summed E-state index contributed by atoms with van der Waals surface area (Å²) in [5, 5.41) is 0. The molecule has 1 heterocycles. The van der Waals surface area contributed by atoms with Gasteiger partial charge in [0.25, 0.3) is 0 Å². The Labute approximate surface area is 88.8 Å². The summed E-state index contributed by atoms with van der Waals surface area (Å²) >= 11 is 0. The van der Waals surface area contributed by atoms with Crippen LogP contribution in [0.4, 0.5) is 0 Å². The summed E-state index contributed by atoms with van der Waals surface area (Å²) in [7, 11) is 0. The van der Waals surface area contributed by atoms with Crippen LogP contribution in [0, 0.1) is 5.92 Å². The lowest BCUT2D eigenvalue weighted by atomic mass is 9.91. The zero-order chi connectivity index (χ0) is 11.2. The number of primary amides is 1. The molecule has 2 fully saturated rings. The molecule has 5 heteroatoms. The van der Waals surface area contributed by atoms with Crippen LogP contribution in [-0.4, -0.2) is 34.8 Å². The molecule has 1 saturated heterocycles. The molecule has 0 aromatic rings. The molecule has 0 bridgehead atoms. The van der Waals surface area contributed by atoms with Crippen LogP contribution in [0.5, 0.6) is 0 Å². The van der Waals surface area contributed by atoms with Gasteiger partial charge in [-0.05, 0) is 32.1 Å². The molecule has 2 unspecified atom stereocenters. The highest BCUT2D eigenvalue weighted by molar-refractivity contribution is 5.93. The molecule has 2 aliphatic rings. The lowest BCUT2D eigenvalue weighted by Crippen LogP contribution is -2.65. The highest BCUT2D eigenvalue weighted by atomic mass is 16.2. The molecule has 0 aromatic heterocycles. The Bertz CT molecular complexity index is 310. The molecule has 2 atom stereocenters. The van der Waals surface area contributed by atoms with E-state index < -0.39 is 17.5 Å². The van der Waals surface area contributed by atoms with Gasteiger partial charge in [0, 0.05) is 6.54 Å². The van der Waals surface area contributed by atoms with Crippen molar-refractivity contribution in [3.8, 4) is 0 Å². The van der Waals surface area contributed by atoms with Gasteiger partial charge in [-0.1, -0.05) is 0 Å². The van der Waals surface area contributed by atoms with Gasteiger partial charge < -0.3 is 16.4 Å². The topological polar surface area (TPSA) is 89.4 Å². The maximum absolute atomic E-state index is 12.0. The third-order valence-corrected chi connectivity index (χ3v) is 3.50. The summed E-state index contributed by atoms with van der Waals surface area (Å²) in [5.41, 5.74) is 10.4. The first kappa shape index (κ1) is 10.4. The summed E-state index contributed by atoms with van der Waals surface area (Å²) in [5.74, 6) is -0.277. The van der Waals surface area contributed by atoms with E-state index in [-0.39, 0.29) is 11.8 Å². The first-order valence-corrected chi connectivity index (χ1v) is 5.34. The number of likely N-dealkylation sites (tertiary alicyclic amines) is 1. The summed E-state index contributed by atoms with van der Waals surface area (Å²) in [6.45, 7) is 2.36. The van der Waals surface area contributed by atoms with E-state index in [4.69, 9.17) is 11.5 Å². The summed E-state index contributed by atoms with van der Waals surface area (Å²) in [4.78, 5) is 24.5. The van der Waals surface area contributed by atoms with E-state index in [9.17, 15) is 9.59 Å². The van der Waals surface area contributed by atoms with Crippen LogP contribution < -0.4 is 11.5 Å². The normalized spacial score (nSPS) is 29.2. The molecular formula is C10H17N3O2. The second-order valence-corrected chi connectivity index (χ2v) is 4.76. The minimum atomic E-state index is -0.811. The first-order valence-electron chi connectivity index (χ1n) is 5.34. The largest absolute Gasteiger partial charge is 0.368 e. The second kappa shape index (κ2) is 3.20. The zero-order valence-electron chi connectivity index (χ0n) is 8.90. The van der Waals surface area contributed by atoms with Gasteiger partial charge in [-0.25, -0.2) is 0 Å². The van der Waals surface area contributed by atoms with Crippen LogP contribution in [-0.2, 0) is 9.59 Å². The van der Waals surface area contributed by atoms with Crippen molar-refractivity contribution in [1.29, 1.82) is 0 Å². The Morgan fingerprint density at radius 1 is 1.33 bits per heavy atom. The van der Waals surface area contributed by atoms with E-state index in [0.717, 1.165) is 12.8 Å². The summed E-state index contributed by atoms with van der Waals surface area (Å²) in [6, 6.07) is -0.431. The van der Waals surface area contributed by atoms with Gasteiger partial charge in [0.2, 0.25) is 11.8 Å². The van der Waals surface area contributed by atoms with Crippen LogP contribution >= 0.6 is 0 Å². The van der Waals surface area contributed by atoms with Gasteiger partial charge in [0.05, 0.1) is 5.54 Å². The molecule has 1 aliphatic carbocycles. The van der Waals surface area contributed by atoms with E-state index >= 15 is 0 Å². The van der Waals surface area contributed by atoms with Gasteiger partial charge in [-0.15, -0.1) is 0 Å². The van der Waals surface area contributed by atoms with Crippen molar-refractivity contribution in [1.82, 2.24) is 4.90 Å². The number of rotatable bonds is 3. The highest BCUT2D eigenvalue weighted by Crippen LogP contribution is 2.40. The van der Waals surface area contributed by atoms with Crippen molar-refractivity contribution in [3.63, 3.8) is 0 Å². The average Bonchev–Trinajstić information content (AvgIpc) is 2.81. The van der Waals surface area contributed by atoms with Gasteiger partial charge in [0.1, 0.15) is 6.04 Å². The fraction of sp³-hybridized carbons (Fsp3) is 0.800. The number of amides is 2. The number of hydrogen-bond acceptors (Lipinski definition) is 3. The van der Waals surface area contributed by atoms with E-state index in [1.54, 1.807) is 6.92 Å². The van der Waals surface area contributed by atoms with Crippen molar-refractivity contribution >= 4 is 11.8 Å². The molecule has 2 amide bonds. The minimum Gasteiger partial charge on any atom is -0.368 e. The number of nitrogens with zero attached hydrogens (tertiary/aromatic N) is 1. The molecule has 2 rings (SSSR count). The molecule has 15 heavy (non-hydrogen) atoms. The summed E-state index contributed by atoms with van der Waals surface area (Å²) in [6.07, 6.45) is 2.68. The number of hydrogen-bond donors (Lipinski definition) is 2. The van der Waals surface area contributed by atoms with Crippen molar-refractivity contribution in [2.75, 3.05) is 6.54 Å². The van der Waals surface area contributed by atoms with Crippen LogP contribution in [0.1, 0.15) is 26.2 Å². The van der Waals surface area contributed by atoms with Crippen LogP contribution in [0.25, 0.3) is 0 Å². The Balaban J connectivity index is 2.04. The third-order valence-electron chi connectivity index (χ3n) is 3.50. The lowest BCUT2D eigenvalue weighted by molar-refractivity contribution is -0.150. The van der Waals surface area contributed by atoms with Gasteiger partial charge in [-0.3, -0.25) is 9.59 Å². The average molecular weight is 211 g/mol. The fourth-order valence-electron chi connectivity index (χ4n) is 2.09. The quantitative estimate of drug-likeness (QED) is 0.640. The standard InChI is InChI=1S/C10H17N3O2/c1-10(12,6-2-3-6)9(15)13-5-4-7(13)8(11)14/h6-7H,2-5,12H2,1H3,(H2,11,14). The molecule has 0 spiro atoms. The molecular weight excluding hydrogens is 194 g/mol. The second-order valence-electron chi connectivity index (χ2n) is 4.76. The van der Waals surface area contributed by atoms with E-state index in [0.29, 0.717) is 13.0 Å².